The lowest BCUT2D eigenvalue weighted by Gasteiger charge is -2.07. The zero-order valence-electron chi connectivity index (χ0n) is 9.36. The molecular weight excluding hydrogens is 238 g/mol. The van der Waals surface area contributed by atoms with Crippen LogP contribution < -0.4 is 0 Å². The molecular formula is C14H10F2O2. The van der Waals surface area contributed by atoms with E-state index < -0.39 is 17.6 Å². The Bertz CT molecular complexity index is 594. The fourth-order valence-electron chi connectivity index (χ4n) is 1.74. The summed E-state index contributed by atoms with van der Waals surface area (Å²) in [6.45, 7) is 0. The molecule has 0 aliphatic carbocycles. The topological polar surface area (TPSA) is 37.3 Å². The zero-order valence-corrected chi connectivity index (χ0v) is 9.36. The Morgan fingerprint density at radius 2 is 1.67 bits per heavy atom. The molecule has 0 saturated carbocycles. The van der Waals surface area contributed by atoms with Gasteiger partial charge in [0, 0.05) is 11.1 Å². The molecule has 2 aromatic rings. The van der Waals surface area contributed by atoms with E-state index in [1.807, 2.05) is 0 Å². The van der Waals surface area contributed by atoms with Crippen LogP contribution in [0, 0.1) is 11.6 Å². The van der Waals surface area contributed by atoms with Crippen LogP contribution in [0.5, 0.6) is 0 Å². The number of carboxylic acid groups (broad SMARTS) is 1. The lowest BCUT2D eigenvalue weighted by Crippen LogP contribution is -2.01. The van der Waals surface area contributed by atoms with Gasteiger partial charge in [-0.3, -0.25) is 4.79 Å². The molecule has 0 amide bonds. The number of halogens is 2. The maximum atomic E-state index is 13.7. The van der Waals surface area contributed by atoms with E-state index in [0.717, 1.165) is 6.07 Å². The predicted octanol–water partition coefficient (Wildman–Crippen LogP) is 3.26. The van der Waals surface area contributed by atoms with Crippen molar-refractivity contribution >= 4 is 5.97 Å². The first kappa shape index (κ1) is 12.2. The van der Waals surface area contributed by atoms with Crippen molar-refractivity contribution in [3.05, 3.63) is 59.7 Å². The Kier molecular flexibility index (Phi) is 3.37. The summed E-state index contributed by atoms with van der Waals surface area (Å²) in [5.41, 5.74) is 0.635. The van der Waals surface area contributed by atoms with Gasteiger partial charge in [-0.15, -0.1) is 0 Å². The number of aliphatic carboxylic acids is 1. The van der Waals surface area contributed by atoms with Crippen LogP contribution in [0.1, 0.15) is 5.56 Å². The second kappa shape index (κ2) is 4.96. The van der Waals surface area contributed by atoms with Gasteiger partial charge in [0.1, 0.15) is 11.6 Å². The molecule has 0 heterocycles. The molecule has 0 aliphatic heterocycles. The Labute approximate surface area is 103 Å². The summed E-state index contributed by atoms with van der Waals surface area (Å²) < 4.78 is 27.2. The van der Waals surface area contributed by atoms with Gasteiger partial charge in [-0.1, -0.05) is 24.3 Å². The molecule has 92 valence electrons. The fraction of sp³-hybridized carbons (Fsp3) is 0.0714. The maximum absolute atomic E-state index is 13.7. The van der Waals surface area contributed by atoms with Crippen molar-refractivity contribution in [1.29, 1.82) is 0 Å². The van der Waals surface area contributed by atoms with Crippen molar-refractivity contribution in [2.75, 3.05) is 0 Å². The number of carboxylic acids is 1. The molecule has 0 saturated heterocycles. The summed E-state index contributed by atoms with van der Waals surface area (Å²) in [5, 5.41) is 8.68. The van der Waals surface area contributed by atoms with E-state index in [-0.39, 0.29) is 17.5 Å². The van der Waals surface area contributed by atoms with E-state index in [2.05, 4.69) is 0 Å². The highest BCUT2D eigenvalue weighted by Crippen LogP contribution is 2.26. The monoisotopic (exact) mass is 248 g/mol. The molecule has 2 rings (SSSR count). The molecule has 0 bridgehead atoms. The second-order valence-corrected chi connectivity index (χ2v) is 3.86. The van der Waals surface area contributed by atoms with Crippen LogP contribution in [-0.2, 0) is 11.2 Å². The molecule has 18 heavy (non-hydrogen) atoms. The SMILES string of the molecule is O=C(O)Cc1ccc(F)c(-c2ccccc2F)c1. The van der Waals surface area contributed by atoms with E-state index in [9.17, 15) is 13.6 Å². The van der Waals surface area contributed by atoms with Crippen LogP contribution in [0.25, 0.3) is 11.1 Å². The zero-order chi connectivity index (χ0) is 13.1. The lowest BCUT2D eigenvalue weighted by molar-refractivity contribution is -0.136. The minimum Gasteiger partial charge on any atom is -0.481 e. The third-order valence-corrected chi connectivity index (χ3v) is 2.55. The largest absolute Gasteiger partial charge is 0.481 e. The van der Waals surface area contributed by atoms with Crippen molar-refractivity contribution in [2.45, 2.75) is 6.42 Å². The second-order valence-electron chi connectivity index (χ2n) is 3.86. The van der Waals surface area contributed by atoms with E-state index in [0.29, 0.717) is 5.56 Å². The Morgan fingerprint density at radius 3 is 2.33 bits per heavy atom. The molecule has 0 radical (unpaired) electrons. The minimum atomic E-state index is -1.01. The van der Waals surface area contributed by atoms with Crippen molar-refractivity contribution in [2.24, 2.45) is 0 Å². The highest BCUT2D eigenvalue weighted by atomic mass is 19.1. The van der Waals surface area contributed by atoms with Gasteiger partial charge in [0.2, 0.25) is 0 Å². The molecule has 2 nitrogen and oxygen atoms in total. The summed E-state index contributed by atoms with van der Waals surface area (Å²) in [7, 11) is 0. The molecule has 1 N–H and O–H groups in total. The standard InChI is InChI=1S/C14H10F2O2/c15-12-4-2-1-3-10(12)11-7-9(8-14(17)18)5-6-13(11)16/h1-7H,8H2,(H,17,18). The Hall–Kier alpha value is -2.23. The van der Waals surface area contributed by atoms with Crippen LogP contribution in [0.4, 0.5) is 8.78 Å². The van der Waals surface area contributed by atoms with Gasteiger partial charge in [-0.2, -0.15) is 0 Å². The average Bonchev–Trinajstić information content (AvgIpc) is 2.32. The molecule has 0 aromatic heterocycles. The van der Waals surface area contributed by atoms with Crippen molar-refractivity contribution < 1.29 is 18.7 Å². The third-order valence-electron chi connectivity index (χ3n) is 2.55. The highest BCUT2D eigenvalue weighted by molar-refractivity contribution is 5.72. The number of benzene rings is 2. The number of rotatable bonds is 3. The summed E-state index contributed by atoms with van der Waals surface area (Å²) in [6.07, 6.45) is -0.221. The first-order valence-corrected chi connectivity index (χ1v) is 5.33. The number of carbonyl (C=O) groups is 1. The molecule has 4 heteroatoms. The van der Waals surface area contributed by atoms with Crippen molar-refractivity contribution in [1.82, 2.24) is 0 Å². The summed E-state index contributed by atoms with van der Waals surface area (Å²) >= 11 is 0. The van der Waals surface area contributed by atoms with E-state index >= 15 is 0 Å². The van der Waals surface area contributed by atoms with Gasteiger partial charge in [0.15, 0.2) is 0 Å². The van der Waals surface area contributed by atoms with Gasteiger partial charge < -0.3 is 5.11 Å². The molecule has 0 atom stereocenters. The van der Waals surface area contributed by atoms with Crippen molar-refractivity contribution in [3.63, 3.8) is 0 Å². The van der Waals surface area contributed by atoms with Crippen LogP contribution in [0.2, 0.25) is 0 Å². The molecule has 0 unspecified atom stereocenters. The molecule has 0 fully saturated rings. The summed E-state index contributed by atoms with van der Waals surface area (Å²) in [4.78, 5) is 10.6. The maximum Gasteiger partial charge on any atom is 0.307 e. The number of hydrogen-bond acceptors (Lipinski definition) is 1. The first-order chi connectivity index (χ1) is 8.58. The van der Waals surface area contributed by atoms with Crippen LogP contribution >= 0.6 is 0 Å². The van der Waals surface area contributed by atoms with Gasteiger partial charge >= 0.3 is 5.97 Å². The van der Waals surface area contributed by atoms with Crippen LogP contribution in [0.15, 0.2) is 42.5 Å². The lowest BCUT2D eigenvalue weighted by atomic mass is 10.0. The normalized spacial score (nSPS) is 10.3. The predicted molar refractivity (Wildman–Crippen MR) is 63.1 cm³/mol. The molecule has 0 aliphatic rings. The summed E-state index contributed by atoms with van der Waals surface area (Å²) in [6, 6.07) is 9.70. The van der Waals surface area contributed by atoms with E-state index in [1.165, 1.54) is 30.3 Å². The van der Waals surface area contributed by atoms with Gasteiger partial charge in [0.25, 0.3) is 0 Å². The molecule has 0 spiro atoms. The van der Waals surface area contributed by atoms with Gasteiger partial charge in [-0.25, -0.2) is 8.78 Å². The van der Waals surface area contributed by atoms with Gasteiger partial charge in [0.05, 0.1) is 6.42 Å². The third kappa shape index (κ3) is 2.53. The van der Waals surface area contributed by atoms with Gasteiger partial charge in [-0.05, 0) is 23.8 Å². The van der Waals surface area contributed by atoms with Crippen molar-refractivity contribution in [3.8, 4) is 11.1 Å². The molecule has 2 aromatic carbocycles. The number of hydrogen-bond donors (Lipinski definition) is 1. The first-order valence-electron chi connectivity index (χ1n) is 5.33. The Morgan fingerprint density at radius 1 is 1.00 bits per heavy atom. The average molecular weight is 248 g/mol. The smallest absolute Gasteiger partial charge is 0.307 e. The van der Waals surface area contributed by atoms with Crippen LogP contribution in [0.3, 0.4) is 0 Å². The van der Waals surface area contributed by atoms with E-state index in [1.54, 1.807) is 6.07 Å². The van der Waals surface area contributed by atoms with Crippen LogP contribution in [-0.4, -0.2) is 11.1 Å². The van der Waals surface area contributed by atoms with E-state index in [4.69, 9.17) is 5.11 Å². The Balaban J connectivity index is 2.50. The highest BCUT2D eigenvalue weighted by Gasteiger charge is 2.11. The quantitative estimate of drug-likeness (QED) is 0.905. The summed E-state index contributed by atoms with van der Waals surface area (Å²) in [5.74, 6) is -2.13. The fourth-order valence-corrected chi connectivity index (χ4v) is 1.74. The minimum absolute atomic E-state index is 0.0758.